The van der Waals surface area contributed by atoms with Gasteiger partial charge < -0.3 is 10.2 Å². The second kappa shape index (κ2) is 5.71. The summed E-state index contributed by atoms with van der Waals surface area (Å²) in [5.41, 5.74) is 0.359. The molecule has 2 rings (SSSR count). The van der Waals surface area contributed by atoms with Gasteiger partial charge in [-0.25, -0.2) is 4.68 Å². The Morgan fingerprint density at radius 1 is 1.50 bits per heavy atom. The molecule has 0 aliphatic carbocycles. The third kappa shape index (κ3) is 2.84. The van der Waals surface area contributed by atoms with Gasteiger partial charge in [0.2, 0.25) is 0 Å². The zero-order valence-electron chi connectivity index (χ0n) is 10.8. The molecule has 1 aliphatic rings. The van der Waals surface area contributed by atoms with E-state index in [1.807, 2.05) is 0 Å². The second-order valence-corrected chi connectivity index (χ2v) is 5.19. The van der Waals surface area contributed by atoms with E-state index in [1.165, 1.54) is 23.9 Å². The first-order chi connectivity index (χ1) is 8.59. The zero-order valence-corrected chi connectivity index (χ0v) is 11.6. The van der Waals surface area contributed by atoms with Crippen LogP contribution < -0.4 is 10.9 Å². The molecule has 0 saturated carbocycles. The SMILES string of the molecule is CN1CCCCC1CNc1cnn(C)c(=O)c1Cl. The molecule has 2 heterocycles. The molecule has 1 N–H and O–H groups in total. The van der Waals surface area contributed by atoms with Crippen LogP contribution in [-0.2, 0) is 7.05 Å². The van der Waals surface area contributed by atoms with Crippen LogP contribution in [0.15, 0.2) is 11.0 Å². The van der Waals surface area contributed by atoms with Gasteiger partial charge in [0.1, 0.15) is 5.02 Å². The Balaban J connectivity index is 2.02. The number of likely N-dealkylation sites (tertiary alicyclic amines) is 1. The number of nitrogens with one attached hydrogen (secondary N) is 1. The maximum absolute atomic E-state index is 11.6. The fraction of sp³-hybridized carbons (Fsp3) is 0.667. The smallest absolute Gasteiger partial charge is 0.287 e. The van der Waals surface area contributed by atoms with Crippen LogP contribution in [0.5, 0.6) is 0 Å². The van der Waals surface area contributed by atoms with Crippen LogP contribution in [0.4, 0.5) is 5.69 Å². The van der Waals surface area contributed by atoms with E-state index in [0.29, 0.717) is 11.7 Å². The molecule has 1 saturated heterocycles. The number of aromatic nitrogens is 2. The van der Waals surface area contributed by atoms with Crippen molar-refractivity contribution in [1.82, 2.24) is 14.7 Å². The van der Waals surface area contributed by atoms with Gasteiger partial charge in [-0.3, -0.25) is 4.79 Å². The third-order valence-electron chi connectivity index (χ3n) is 3.53. The van der Waals surface area contributed by atoms with Gasteiger partial charge >= 0.3 is 0 Å². The Kier molecular flexibility index (Phi) is 4.24. The van der Waals surface area contributed by atoms with E-state index in [1.54, 1.807) is 13.2 Å². The van der Waals surface area contributed by atoms with Crippen molar-refractivity contribution in [3.63, 3.8) is 0 Å². The van der Waals surface area contributed by atoms with Crippen molar-refractivity contribution >= 4 is 17.3 Å². The summed E-state index contributed by atoms with van der Waals surface area (Å²) in [6, 6.07) is 0.499. The largest absolute Gasteiger partial charge is 0.381 e. The molecular weight excluding hydrogens is 252 g/mol. The average Bonchev–Trinajstić information content (AvgIpc) is 2.37. The first-order valence-corrected chi connectivity index (χ1v) is 6.63. The lowest BCUT2D eigenvalue weighted by atomic mass is 10.0. The van der Waals surface area contributed by atoms with E-state index in [0.717, 1.165) is 13.1 Å². The average molecular weight is 271 g/mol. The predicted molar refractivity (Wildman–Crippen MR) is 73.2 cm³/mol. The molecule has 1 aliphatic heterocycles. The maximum Gasteiger partial charge on any atom is 0.287 e. The molecule has 1 aromatic rings. The summed E-state index contributed by atoms with van der Waals surface area (Å²) in [5, 5.41) is 7.41. The normalized spacial score (nSPS) is 20.9. The van der Waals surface area contributed by atoms with Crippen LogP contribution in [0, 0.1) is 0 Å². The number of hydrogen-bond donors (Lipinski definition) is 1. The molecule has 0 amide bonds. The molecule has 1 atom stereocenters. The quantitative estimate of drug-likeness (QED) is 0.900. The van der Waals surface area contributed by atoms with Gasteiger partial charge in [0.25, 0.3) is 5.56 Å². The second-order valence-electron chi connectivity index (χ2n) is 4.81. The Labute approximate surface area is 112 Å². The Bertz CT molecular complexity index is 474. The van der Waals surface area contributed by atoms with E-state index < -0.39 is 0 Å². The molecule has 0 radical (unpaired) electrons. The van der Waals surface area contributed by atoms with Gasteiger partial charge in [-0.05, 0) is 26.4 Å². The van der Waals surface area contributed by atoms with E-state index in [2.05, 4.69) is 22.4 Å². The first kappa shape index (κ1) is 13.4. The Morgan fingerprint density at radius 3 is 3.00 bits per heavy atom. The molecule has 0 bridgehead atoms. The van der Waals surface area contributed by atoms with E-state index in [4.69, 9.17) is 11.6 Å². The van der Waals surface area contributed by atoms with Gasteiger partial charge in [0, 0.05) is 19.6 Å². The number of piperidine rings is 1. The maximum atomic E-state index is 11.6. The van der Waals surface area contributed by atoms with Crippen molar-refractivity contribution < 1.29 is 0 Å². The fourth-order valence-corrected chi connectivity index (χ4v) is 2.50. The van der Waals surface area contributed by atoms with Crippen LogP contribution in [0.3, 0.4) is 0 Å². The molecule has 6 heteroatoms. The molecule has 1 aromatic heterocycles. The minimum absolute atomic E-state index is 0.214. The number of nitrogens with zero attached hydrogens (tertiary/aromatic N) is 3. The Hall–Kier alpha value is -1.07. The highest BCUT2D eigenvalue weighted by Gasteiger charge is 2.19. The monoisotopic (exact) mass is 270 g/mol. The van der Waals surface area contributed by atoms with Crippen molar-refractivity contribution in [3.8, 4) is 0 Å². The fourth-order valence-electron chi connectivity index (χ4n) is 2.26. The number of likely N-dealkylation sites (N-methyl/N-ethyl adjacent to an activating group) is 1. The summed E-state index contributed by atoms with van der Waals surface area (Å²) in [5.74, 6) is 0. The molecule has 0 spiro atoms. The summed E-state index contributed by atoms with van der Waals surface area (Å²) in [4.78, 5) is 14.0. The summed E-state index contributed by atoms with van der Waals surface area (Å²) in [6.45, 7) is 1.93. The van der Waals surface area contributed by atoms with Crippen molar-refractivity contribution in [2.45, 2.75) is 25.3 Å². The number of aryl methyl sites for hydroxylation is 1. The van der Waals surface area contributed by atoms with E-state index >= 15 is 0 Å². The third-order valence-corrected chi connectivity index (χ3v) is 3.89. The highest BCUT2D eigenvalue weighted by molar-refractivity contribution is 6.32. The molecule has 1 fully saturated rings. The Morgan fingerprint density at radius 2 is 2.28 bits per heavy atom. The summed E-state index contributed by atoms with van der Waals surface area (Å²) < 4.78 is 1.24. The highest BCUT2D eigenvalue weighted by Crippen LogP contribution is 2.18. The van der Waals surface area contributed by atoms with Gasteiger partial charge in [0.15, 0.2) is 0 Å². The van der Waals surface area contributed by atoms with Gasteiger partial charge in [-0.15, -0.1) is 0 Å². The summed E-state index contributed by atoms with van der Waals surface area (Å²) >= 11 is 6.00. The lowest BCUT2D eigenvalue weighted by Crippen LogP contribution is -2.41. The highest BCUT2D eigenvalue weighted by atomic mass is 35.5. The number of anilines is 1. The number of hydrogen-bond acceptors (Lipinski definition) is 4. The van der Waals surface area contributed by atoms with Crippen LogP contribution in [0.2, 0.25) is 5.02 Å². The van der Waals surface area contributed by atoms with Crippen molar-refractivity contribution in [2.24, 2.45) is 7.05 Å². The van der Waals surface area contributed by atoms with Crippen molar-refractivity contribution in [1.29, 1.82) is 0 Å². The van der Waals surface area contributed by atoms with Crippen molar-refractivity contribution in [2.75, 3.05) is 25.5 Å². The molecular formula is C12H19ClN4O. The predicted octanol–water partition coefficient (Wildman–Crippen LogP) is 1.33. The minimum atomic E-state index is -0.265. The molecule has 100 valence electrons. The van der Waals surface area contributed by atoms with Crippen LogP contribution in [0.25, 0.3) is 0 Å². The number of halogens is 1. The topological polar surface area (TPSA) is 50.2 Å². The number of rotatable bonds is 3. The lowest BCUT2D eigenvalue weighted by molar-refractivity contribution is 0.194. The van der Waals surface area contributed by atoms with Crippen LogP contribution >= 0.6 is 11.6 Å². The standard InChI is InChI=1S/C12H19ClN4O/c1-16-6-4-3-5-9(16)7-14-10-8-15-17(2)12(18)11(10)13/h8-9,14H,3-7H2,1-2H3. The molecule has 5 nitrogen and oxygen atoms in total. The molecule has 1 unspecified atom stereocenters. The zero-order chi connectivity index (χ0) is 13.1. The van der Waals surface area contributed by atoms with Gasteiger partial charge in [0.05, 0.1) is 11.9 Å². The lowest BCUT2D eigenvalue weighted by Gasteiger charge is -2.32. The van der Waals surface area contributed by atoms with Crippen LogP contribution in [0.1, 0.15) is 19.3 Å². The van der Waals surface area contributed by atoms with E-state index in [-0.39, 0.29) is 10.6 Å². The van der Waals surface area contributed by atoms with Gasteiger partial charge in [-0.2, -0.15) is 5.10 Å². The first-order valence-electron chi connectivity index (χ1n) is 6.25. The minimum Gasteiger partial charge on any atom is -0.381 e. The van der Waals surface area contributed by atoms with Gasteiger partial charge in [-0.1, -0.05) is 18.0 Å². The summed E-state index contributed by atoms with van der Waals surface area (Å²) in [6.07, 6.45) is 5.31. The van der Waals surface area contributed by atoms with Crippen LogP contribution in [-0.4, -0.2) is 40.9 Å². The molecule has 18 heavy (non-hydrogen) atoms. The summed E-state index contributed by atoms with van der Waals surface area (Å²) in [7, 11) is 3.72. The van der Waals surface area contributed by atoms with Crippen molar-refractivity contribution in [3.05, 3.63) is 21.6 Å². The molecule has 0 aromatic carbocycles. The van der Waals surface area contributed by atoms with E-state index in [9.17, 15) is 4.79 Å².